The molecule has 2 aromatic rings. The monoisotopic (exact) mass is 350 g/mol. The average molecular weight is 350 g/mol. The zero-order valence-electron chi connectivity index (χ0n) is 15.3. The minimum atomic E-state index is 0.159. The zero-order valence-corrected chi connectivity index (χ0v) is 15.3. The van der Waals surface area contributed by atoms with Gasteiger partial charge in [-0.05, 0) is 67.2 Å². The molecule has 1 unspecified atom stereocenters. The highest BCUT2D eigenvalue weighted by Gasteiger charge is 2.21. The number of hydrogen-bond acceptors (Lipinski definition) is 3. The second-order valence-electron chi connectivity index (χ2n) is 7.39. The molecule has 4 nitrogen and oxygen atoms in total. The highest BCUT2D eigenvalue weighted by Crippen LogP contribution is 2.32. The molecule has 2 aliphatic rings. The maximum absolute atomic E-state index is 12.2. The fourth-order valence-corrected chi connectivity index (χ4v) is 3.83. The molecule has 0 aromatic heterocycles. The van der Waals surface area contributed by atoms with Gasteiger partial charge < -0.3 is 15.4 Å². The van der Waals surface area contributed by atoms with Crippen LogP contribution in [0.1, 0.15) is 30.9 Å². The van der Waals surface area contributed by atoms with Crippen LogP contribution in [0.5, 0.6) is 5.75 Å². The van der Waals surface area contributed by atoms with E-state index in [9.17, 15) is 4.79 Å². The molecule has 1 atom stereocenters. The third kappa shape index (κ3) is 3.75. The molecule has 2 aliphatic heterocycles. The van der Waals surface area contributed by atoms with E-state index in [0.717, 1.165) is 43.7 Å². The fraction of sp³-hybridized carbons (Fsp3) is 0.409. The summed E-state index contributed by atoms with van der Waals surface area (Å²) in [4.78, 5) is 12.2. The lowest BCUT2D eigenvalue weighted by atomic mass is 9.97. The molecular formula is C22H26N2O2. The maximum Gasteiger partial charge on any atom is 0.223 e. The van der Waals surface area contributed by atoms with Crippen LogP contribution >= 0.6 is 0 Å². The largest absolute Gasteiger partial charge is 0.490 e. The van der Waals surface area contributed by atoms with Gasteiger partial charge in [-0.15, -0.1) is 0 Å². The summed E-state index contributed by atoms with van der Waals surface area (Å²) >= 11 is 0. The van der Waals surface area contributed by atoms with Crippen molar-refractivity contribution in [3.05, 3.63) is 53.6 Å². The molecule has 2 heterocycles. The van der Waals surface area contributed by atoms with Crippen LogP contribution in [0.3, 0.4) is 0 Å². The Kier molecular flexibility index (Phi) is 4.93. The number of carbonyl (C=O) groups is 1. The van der Waals surface area contributed by atoms with Gasteiger partial charge in [0.05, 0.1) is 0 Å². The summed E-state index contributed by atoms with van der Waals surface area (Å²) in [5, 5.41) is 6.38. The second-order valence-corrected chi connectivity index (χ2v) is 7.39. The topological polar surface area (TPSA) is 50.4 Å². The van der Waals surface area contributed by atoms with Crippen LogP contribution in [0, 0.1) is 5.92 Å². The van der Waals surface area contributed by atoms with Gasteiger partial charge in [0.15, 0.2) is 0 Å². The maximum atomic E-state index is 12.2. The van der Waals surface area contributed by atoms with Gasteiger partial charge in [0.1, 0.15) is 11.9 Å². The molecule has 26 heavy (non-hydrogen) atoms. The van der Waals surface area contributed by atoms with E-state index in [1.165, 1.54) is 16.7 Å². The molecule has 0 bridgehead atoms. The van der Waals surface area contributed by atoms with Gasteiger partial charge in [0, 0.05) is 18.9 Å². The van der Waals surface area contributed by atoms with Crippen LogP contribution in [0.4, 0.5) is 0 Å². The van der Waals surface area contributed by atoms with Gasteiger partial charge in [-0.25, -0.2) is 0 Å². The Balaban J connectivity index is 1.38. The average Bonchev–Trinajstić information content (AvgIpc) is 3.06. The van der Waals surface area contributed by atoms with Crippen molar-refractivity contribution in [2.24, 2.45) is 5.92 Å². The van der Waals surface area contributed by atoms with E-state index < -0.39 is 0 Å². The first-order chi connectivity index (χ1) is 12.7. The Labute approximate surface area is 155 Å². The minimum absolute atomic E-state index is 0.159. The Morgan fingerprint density at radius 3 is 2.62 bits per heavy atom. The number of piperidine rings is 1. The van der Waals surface area contributed by atoms with Gasteiger partial charge in [-0.2, -0.15) is 0 Å². The Morgan fingerprint density at radius 2 is 1.85 bits per heavy atom. The van der Waals surface area contributed by atoms with Crippen molar-refractivity contribution in [2.45, 2.75) is 38.8 Å². The van der Waals surface area contributed by atoms with Crippen molar-refractivity contribution in [2.75, 3.05) is 13.1 Å². The van der Waals surface area contributed by atoms with Gasteiger partial charge >= 0.3 is 0 Å². The van der Waals surface area contributed by atoms with Crippen molar-refractivity contribution in [3.8, 4) is 16.9 Å². The number of hydrogen-bond donors (Lipinski definition) is 2. The molecule has 1 fully saturated rings. The summed E-state index contributed by atoms with van der Waals surface area (Å²) < 4.78 is 5.78. The molecule has 0 spiro atoms. The number of ether oxygens (including phenoxy) is 1. The van der Waals surface area contributed by atoms with Crippen molar-refractivity contribution in [1.29, 1.82) is 0 Å². The molecule has 2 N–H and O–H groups in total. The molecule has 1 amide bonds. The third-order valence-electron chi connectivity index (χ3n) is 5.36. The Hall–Kier alpha value is -2.33. The van der Waals surface area contributed by atoms with Gasteiger partial charge in [-0.1, -0.05) is 30.3 Å². The lowest BCUT2D eigenvalue weighted by Crippen LogP contribution is -2.37. The molecular weight excluding hydrogens is 324 g/mol. The predicted octanol–water partition coefficient (Wildman–Crippen LogP) is 3.29. The molecule has 136 valence electrons. The molecule has 0 radical (unpaired) electrons. The zero-order chi connectivity index (χ0) is 17.9. The normalized spacial score (nSPS) is 19.7. The van der Waals surface area contributed by atoms with Crippen molar-refractivity contribution < 1.29 is 9.53 Å². The van der Waals surface area contributed by atoms with Crippen molar-refractivity contribution >= 4 is 5.91 Å². The summed E-state index contributed by atoms with van der Waals surface area (Å²) in [5.74, 6) is 1.35. The van der Waals surface area contributed by atoms with Crippen LogP contribution in [0.2, 0.25) is 0 Å². The van der Waals surface area contributed by atoms with Crippen molar-refractivity contribution in [3.63, 3.8) is 0 Å². The Morgan fingerprint density at radius 1 is 1.12 bits per heavy atom. The predicted molar refractivity (Wildman–Crippen MR) is 103 cm³/mol. The molecule has 0 aliphatic carbocycles. The lowest BCUT2D eigenvalue weighted by Gasteiger charge is -2.21. The molecule has 4 heteroatoms. The van der Waals surface area contributed by atoms with E-state index in [-0.39, 0.29) is 17.9 Å². The Bertz CT molecular complexity index is 779. The molecule has 4 rings (SSSR count). The van der Waals surface area contributed by atoms with E-state index in [1.54, 1.807) is 0 Å². The van der Waals surface area contributed by atoms with Crippen LogP contribution < -0.4 is 15.4 Å². The van der Waals surface area contributed by atoms with Crippen LogP contribution in [-0.4, -0.2) is 25.1 Å². The number of nitrogens with one attached hydrogen (secondary N) is 2. The smallest absolute Gasteiger partial charge is 0.223 e. The van der Waals surface area contributed by atoms with Crippen LogP contribution in [0.25, 0.3) is 11.1 Å². The number of fused-ring (bicyclic) bond motifs is 1. The number of rotatable bonds is 4. The quantitative estimate of drug-likeness (QED) is 0.890. The summed E-state index contributed by atoms with van der Waals surface area (Å²) in [6.45, 7) is 4.58. The van der Waals surface area contributed by atoms with E-state index in [4.69, 9.17) is 4.74 Å². The minimum Gasteiger partial charge on any atom is -0.490 e. The van der Waals surface area contributed by atoms with Crippen LogP contribution in [-0.2, 0) is 17.8 Å². The number of carbonyl (C=O) groups excluding carboxylic acids is 1. The second kappa shape index (κ2) is 7.50. The first-order valence-corrected chi connectivity index (χ1v) is 9.56. The summed E-state index contributed by atoms with van der Waals surface area (Å²) in [5.41, 5.74) is 4.83. The standard InChI is InChI=1S/C22H26N2O2/c1-15-12-20-13-19(6-7-21(20)26-15)17-4-2-16(3-5-17)14-24-22(25)18-8-10-23-11-9-18/h2-7,13,15,18,23H,8-12,14H2,1H3,(H,24,25). The van der Waals surface area contributed by atoms with Crippen LogP contribution in [0.15, 0.2) is 42.5 Å². The first kappa shape index (κ1) is 17.1. The molecule has 0 saturated carbocycles. The molecule has 1 saturated heterocycles. The summed E-state index contributed by atoms with van der Waals surface area (Å²) in [6.07, 6.45) is 3.12. The van der Waals surface area contributed by atoms with Crippen molar-refractivity contribution in [1.82, 2.24) is 10.6 Å². The third-order valence-corrected chi connectivity index (χ3v) is 5.36. The van der Waals surface area contributed by atoms with E-state index in [1.807, 2.05) is 0 Å². The fourth-order valence-electron chi connectivity index (χ4n) is 3.83. The SMILES string of the molecule is CC1Cc2cc(-c3ccc(CNC(=O)C4CCNCC4)cc3)ccc2O1. The van der Waals surface area contributed by atoms with Gasteiger partial charge in [0.2, 0.25) is 5.91 Å². The highest BCUT2D eigenvalue weighted by molar-refractivity contribution is 5.78. The molecule has 2 aromatic carbocycles. The lowest BCUT2D eigenvalue weighted by molar-refractivity contribution is -0.125. The number of benzene rings is 2. The number of amides is 1. The van der Waals surface area contributed by atoms with E-state index >= 15 is 0 Å². The van der Waals surface area contributed by atoms with Gasteiger partial charge in [0.25, 0.3) is 0 Å². The highest BCUT2D eigenvalue weighted by atomic mass is 16.5. The summed E-state index contributed by atoms with van der Waals surface area (Å²) in [6, 6.07) is 14.9. The van der Waals surface area contributed by atoms with Gasteiger partial charge in [-0.3, -0.25) is 4.79 Å². The van der Waals surface area contributed by atoms with E-state index in [0.29, 0.717) is 6.54 Å². The first-order valence-electron chi connectivity index (χ1n) is 9.56. The van der Waals surface area contributed by atoms with E-state index in [2.05, 4.69) is 60.0 Å². The summed E-state index contributed by atoms with van der Waals surface area (Å²) in [7, 11) is 0.